The highest BCUT2D eigenvalue weighted by atomic mass is 32.2. The van der Waals surface area contributed by atoms with Crippen LogP contribution in [0.3, 0.4) is 0 Å². The number of amides is 1. The fourth-order valence-corrected chi connectivity index (χ4v) is 3.24. The lowest BCUT2D eigenvalue weighted by Crippen LogP contribution is -2.16. The van der Waals surface area contributed by atoms with E-state index in [9.17, 15) is 13.2 Å². The van der Waals surface area contributed by atoms with Crippen molar-refractivity contribution in [2.45, 2.75) is 4.90 Å². The molecule has 7 heteroatoms. The molecule has 0 spiro atoms. The number of rotatable bonds is 4. The molecule has 0 aliphatic carbocycles. The maximum absolute atomic E-state index is 12.0. The van der Waals surface area contributed by atoms with Crippen LogP contribution in [0, 0.1) is 0 Å². The summed E-state index contributed by atoms with van der Waals surface area (Å²) in [6.45, 7) is 0. The third-order valence-corrected chi connectivity index (χ3v) is 4.50. The van der Waals surface area contributed by atoms with Gasteiger partial charge in [-0.2, -0.15) is 0 Å². The van der Waals surface area contributed by atoms with Crippen LogP contribution >= 0.6 is 11.3 Å². The Morgan fingerprint density at radius 1 is 1.17 bits per heavy atom. The minimum Gasteiger partial charge on any atom is -0.365 e. The van der Waals surface area contributed by atoms with Crippen LogP contribution < -0.4 is 10.5 Å². The van der Waals surface area contributed by atoms with Crippen LogP contribution in [0.15, 0.2) is 46.7 Å². The number of hydrogen-bond donors (Lipinski definition) is 2. The van der Waals surface area contributed by atoms with E-state index in [1.54, 1.807) is 23.6 Å². The first-order valence-corrected chi connectivity index (χ1v) is 7.32. The van der Waals surface area contributed by atoms with Gasteiger partial charge in [0.2, 0.25) is 0 Å². The Labute approximate surface area is 108 Å². The van der Waals surface area contributed by atoms with Crippen molar-refractivity contribution >= 4 is 33.0 Å². The average molecular weight is 282 g/mol. The zero-order chi connectivity index (χ0) is 13.2. The molecule has 0 saturated heterocycles. The molecule has 0 radical (unpaired) electrons. The third-order valence-electron chi connectivity index (χ3n) is 2.19. The van der Waals surface area contributed by atoms with Crippen molar-refractivity contribution in [2.24, 2.45) is 5.73 Å². The molecule has 1 heterocycles. The standard InChI is InChI=1S/C11H10N2O3S2/c12-11(14)10-9(6-7-17-10)13-18(15,16)8-4-2-1-3-5-8/h1-7,13H,(H2,12,14). The molecule has 2 rings (SSSR count). The lowest BCUT2D eigenvalue weighted by molar-refractivity contribution is 0.100. The Balaban J connectivity index is 2.34. The predicted molar refractivity (Wildman–Crippen MR) is 70.1 cm³/mol. The number of nitrogens with two attached hydrogens (primary N) is 1. The highest BCUT2D eigenvalue weighted by Gasteiger charge is 2.18. The maximum Gasteiger partial charge on any atom is 0.261 e. The van der Waals surface area contributed by atoms with Crippen molar-refractivity contribution in [3.8, 4) is 0 Å². The topological polar surface area (TPSA) is 89.3 Å². The van der Waals surface area contributed by atoms with E-state index in [1.165, 1.54) is 18.2 Å². The second kappa shape index (κ2) is 4.79. The molecule has 1 aromatic heterocycles. The van der Waals surface area contributed by atoms with Crippen molar-refractivity contribution < 1.29 is 13.2 Å². The number of thiophene rings is 1. The molecule has 94 valence electrons. The summed E-state index contributed by atoms with van der Waals surface area (Å²) in [6.07, 6.45) is 0. The smallest absolute Gasteiger partial charge is 0.261 e. The van der Waals surface area contributed by atoms with E-state index < -0.39 is 15.9 Å². The van der Waals surface area contributed by atoms with E-state index in [0.29, 0.717) is 0 Å². The fourth-order valence-electron chi connectivity index (χ4n) is 1.38. The molecule has 0 aliphatic rings. The number of anilines is 1. The van der Waals surface area contributed by atoms with E-state index in [1.807, 2.05) is 0 Å². The van der Waals surface area contributed by atoms with Gasteiger partial charge in [-0.15, -0.1) is 11.3 Å². The minimum absolute atomic E-state index is 0.131. The van der Waals surface area contributed by atoms with Gasteiger partial charge in [-0.25, -0.2) is 8.42 Å². The molecule has 0 unspecified atom stereocenters. The van der Waals surface area contributed by atoms with E-state index in [4.69, 9.17) is 5.73 Å². The highest BCUT2D eigenvalue weighted by molar-refractivity contribution is 7.92. The SMILES string of the molecule is NC(=O)c1sccc1NS(=O)(=O)c1ccccc1. The van der Waals surface area contributed by atoms with E-state index in [0.717, 1.165) is 11.3 Å². The first kappa shape index (κ1) is 12.6. The van der Waals surface area contributed by atoms with Crippen LogP contribution in [0.4, 0.5) is 5.69 Å². The largest absolute Gasteiger partial charge is 0.365 e. The summed E-state index contributed by atoms with van der Waals surface area (Å²) in [7, 11) is -3.69. The summed E-state index contributed by atoms with van der Waals surface area (Å²) < 4.78 is 26.4. The number of hydrogen-bond acceptors (Lipinski definition) is 4. The Hall–Kier alpha value is -1.86. The van der Waals surface area contributed by atoms with Gasteiger partial charge in [0, 0.05) is 0 Å². The van der Waals surface area contributed by atoms with Crippen molar-refractivity contribution in [3.63, 3.8) is 0 Å². The second-order valence-electron chi connectivity index (χ2n) is 3.45. The second-order valence-corrected chi connectivity index (χ2v) is 6.04. The van der Waals surface area contributed by atoms with Gasteiger partial charge in [-0.3, -0.25) is 9.52 Å². The molecule has 0 aliphatic heterocycles. The summed E-state index contributed by atoms with van der Waals surface area (Å²) in [5.74, 6) is -0.657. The Bertz CT molecular complexity index is 663. The van der Waals surface area contributed by atoms with Gasteiger partial charge in [0.15, 0.2) is 0 Å². The fraction of sp³-hybridized carbons (Fsp3) is 0. The maximum atomic E-state index is 12.0. The number of sulfonamides is 1. The molecule has 0 bridgehead atoms. The van der Waals surface area contributed by atoms with Crippen molar-refractivity contribution in [1.29, 1.82) is 0 Å². The molecule has 2 aromatic rings. The number of carbonyl (C=O) groups excluding carboxylic acids is 1. The van der Waals surface area contributed by atoms with Crippen LogP contribution in [-0.2, 0) is 10.0 Å². The number of carbonyl (C=O) groups is 1. The quantitative estimate of drug-likeness (QED) is 0.893. The molecular formula is C11H10N2O3S2. The summed E-state index contributed by atoms with van der Waals surface area (Å²) in [5.41, 5.74) is 5.36. The monoisotopic (exact) mass is 282 g/mol. The number of benzene rings is 1. The Morgan fingerprint density at radius 2 is 1.83 bits per heavy atom. The van der Waals surface area contributed by atoms with Crippen LogP contribution in [0.25, 0.3) is 0 Å². The van der Waals surface area contributed by atoms with Gasteiger partial charge in [-0.05, 0) is 23.6 Å². The summed E-state index contributed by atoms with van der Waals surface area (Å²) in [6, 6.07) is 9.41. The first-order chi connectivity index (χ1) is 8.50. The summed E-state index contributed by atoms with van der Waals surface area (Å²) in [4.78, 5) is 11.4. The van der Waals surface area contributed by atoms with Crippen molar-refractivity contribution in [2.75, 3.05) is 4.72 Å². The average Bonchev–Trinajstić information content (AvgIpc) is 2.78. The van der Waals surface area contributed by atoms with Crippen LogP contribution in [0.2, 0.25) is 0 Å². The van der Waals surface area contributed by atoms with Gasteiger partial charge >= 0.3 is 0 Å². The molecule has 5 nitrogen and oxygen atoms in total. The molecular weight excluding hydrogens is 272 g/mol. The lowest BCUT2D eigenvalue weighted by Gasteiger charge is -2.07. The number of nitrogens with one attached hydrogen (secondary N) is 1. The van der Waals surface area contributed by atoms with Crippen molar-refractivity contribution in [3.05, 3.63) is 46.7 Å². The van der Waals surface area contributed by atoms with Gasteiger partial charge in [0.1, 0.15) is 4.88 Å². The summed E-state index contributed by atoms with van der Waals surface area (Å²) in [5, 5.41) is 1.60. The van der Waals surface area contributed by atoms with E-state index in [2.05, 4.69) is 4.72 Å². The normalized spacial score (nSPS) is 11.1. The number of primary amides is 1. The van der Waals surface area contributed by atoms with E-state index in [-0.39, 0.29) is 15.5 Å². The molecule has 1 amide bonds. The van der Waals surface area contributed by atoms with Gasteiger partial charge in [0.05, 0.1) is 10.6 Å². The van der Waals surface area contributed by atoms with Crippen LogP contribution in [0.1, 0.15) is 9.67 Å². The van der Waals surface area contributed by atoms with E-state index >= 15 is 0 Å². The van der Waals surface area contributed by atoms with Crippen LogP contribution in [0.5, 0.6) is 0 Å². The van der Waals surface area contributed by atoms with Crippen LogP contribution in [-0.4, -0.2) is 14.3 Å². The molecule has 0 atom stereocenters. The van der Waals surface area contributed by atoms with Crippen molar-refractivity contribution in [1.82, 2.24) is 0 Å². The third kappa shape index (κ3) is 2.52. The Morgan fingerprint density at radius 3 is 2.44 bits per heavy atom. The van der Waals surface area contributed by atoms with Gasteiger partial charge < -0.3 is 5.73 Å². The molecule has 1 aromatic carbocycles. The highest BCUT2D eigenvalue weighted by Crippen LogP contribution is 2.24. The lowest BCUT2D eigenvalue weighted by atomic mass is 10.4. The molecule has 18 heavy (non-hydrogen) atoms. The molecule has 0 saturated carbocycles. The molecule has 3 N–H and O–H groups in total. The first-order valence-electron chi connectivity index (χ1n) is 4.96. The predicted octanol–water partition coefficient (Wildman–Crippen LogP) is 1.65. The zero-order valence-electron chi connectivity index (χ0n) is 9.16. The van der Waals surface area contributed by atoms with Gasteiger partial charge in [0.25, 0.3) is 15.9 Å². The zero-order valence-corrected chi connectivity index (χ0v) is 10.8. The summed E-state index contributed by atoms with van der Waals surface area (Å²) >= 11 is 1.09. The Kier molecular flexibility index (Phi) is 3.35. The minimum atomic E-state index is -3.69. The van der Waals surface area contributed by atoms with Gasteiger partial charge in [-0.1, -0.05) is 18.2 Å². The molecule has 0 fully saturated rings.